The van der Waals surface area contributed by atoms with Crippen LogP contribution in [0.5, 0.6) is 5.88 Å². The molecule has 0 spiro atoms. The first kappa shape index (κ1) is 21.7. The molecule has 0 fully saturated rings. The van der Waals surface area contributed by atoms with E-state index in [1.807, 2.05) is 6.92 Å². The van der Waals surface area contributed by atoms with Crippen LogP contribution in [0, 0.1) is 37.0 Å². The quantitative estimate of drug-likeness (QED) is 0.496. The van der Waals surface area contributed by atoms with Crippen LogP contribution in [0.4, 0.5) is 10.5 Å². The van der Waals surface area contributed by atoms with Crippen molar-refractivity contribution in [3.63, 3.8) is 0 Å². The van der Waals surface area contributed by atoms with Crippen LogP contribution < -0.4 is 14.8 Å². The number of benzene rings is 1. The molecular formula is C20H23N4O4SU-. The van der Waals surface area contributed by atoms with Gasteiger partial charge in [0.2, 0.25) is 5.88 Å². The molecule has 1 aliphatic heterocycles. The topological polar surface area (TPSA) is 102 Å². The molecule has 10 heteroatoms. The predicted octanol–water partition coefficient (Wildman–Crippen LogP) is 2.36. The van der Waals surface area contributed by atoms with E-state index in [4.69, 9.17) is 4.74 Å². The average Bonchev–Trinajstić information content (AvgIpc) is 3.39. The second kappa shape index (κ2) is 8.21. The van der Waals surface area contributed by atoms with Gasteiger partial charge in [-0.25, -0.2) is 17.9 Å². The maximum Gasteiger partial charge on any atom is 0.333 e. The Morgan fingerprint density at radius 2 is 1.83 bits per heavy atom. The third-order valence-corrected chi connectivity index (χ3v) is 7.18. The molecule has 0 unspecified atom stereocenters. The molecule has 2 aromatic rings. The van der Waals surface area contributed by atoms with Gasteiger partial charge in [-0.1, -0.05) is 12.6 Å². The largest absolute Gasteiger partial charge is 0.510 e. The van der Waals surface area contributed by atoms with E-state index in [2.05, 4.69) is 21.2 Å². The Labute approximate surface area is 199 Å². The molecule has 158 valence electrons. The van der Waals surface area contributed by atoms with Crippen molar-refractivity contribution < 1.29 is 49.1 Å². The number of ether oxygens (including phenoxy) is 1. The fourth-order valence-corrected chi connectivity index (χ4v) is 5.56. The van der Waals surface area contributed by atoms with Gasteiger partial charge in [0, 0.05) is 36.8 Å². The van der Waals surface area contributed by atoms with Crippen LogP contribution in [0.2, 0.25) is 0 Å². The number of urea groups is 1. The number of aromatic nitrogens is 2. The van der Waals surface area contributed by atoms with Gasteiger partial charge in [-0.15, -0.1) is 0 Å². The van der Waals surface area contributed by atoms with Crippen LogP contribution in [0.15, 0.2) is 17.2 Å². The maximum atomic E-state index is 12.8. The van der Waals surface area contributed by atoms with E-state index in [0.717, 1.165) is 61.3 Å². The number of aryl methyl sites for hydroxylation is 2. The van der Waals surface area contributed by atoms with E-state index in [-0.39, 0.29) is 41.9 Å². The van der Waals surface area contributed by atoms with Crippen molar-refractivity contribution >= 4 is 21.7 Å². The number of carbonyl (C=O) groups is 1. The molecular weight excluding hydrogens is 630 g/mol. The number of nitrogens with one attached hydrogen (secondary N) is 2. The first-order valence-electron chi connectivity index (χ1n) is 9.92. The molecule has 1 aromatic heterocycles. The van der Waals surface area contributed by atoms with Gasteiger partial charge in [0.1, 0.15) is 0 Å². The number of carbonyl (C=O) groups excluding carboxylic acids is 1. The minimum Gasteiger partial charge on any atom is -0.510 e. The number of anilines is 1. The molecule has 5 rings (SSSR count). The maximum absolute atomic E-state index is 12.8. The Morgan fingerprint density at radius 3 is 2.50 bits per heavy atom. The van der Waals surface area contributed by atoms with Crippen molar-refractivity contribution in [1.29, 1.82) is 0 Å². The molecule has 0 saturated carbocycles. The summed E-state index contributed by atoms with van der Waals surface area (Å²) in [5.74, 6) is 1.21. The SMILES string of the molecule is C[C-]1COc2c(S(=O)(=O)NC(=O)Nc3c4c(cc5c3CCC5)CCC4)cnn2C1.[U]. The Morgan fingerprint density at radius 1 is 1.17 bits per heavy atom. The zero-order valence-electron chi connectivity index (χ0n) is 16.7. The summed E-state index contributed by atoms with van der Waals surface area (Å²) in [6, 6.07) is 1.51. The summed E-state index contributed by atoms with van der Waals surface area (Å²) in [5.41, 5.74) is 5.65. The summed E-state index contributed by atoms with van der Waals surface area (Å²) in [6.07, 6.45) is 7.17. The molecule has 1 aromatic carbocycles. The molecule has 0 bridgehead atoms. The van der Waals surface area contributed by atoms with E-state index < -0.39 is 16.1 Å². The van der Waals surface area contributed by atoms with Crippen molar-refractivity contribution in [2.24, 2.45) is 0 Å². The van der Waals surface area contributed by atoms with Crippen LogP contribution in [0.3, 0.4) is 0 Å². The smallest absolute Gasteiger partial charge is 0.333 e. The number of fused-ring (bicyclic) bond motifs is 3. The first-order valence-corrected chi connectivity index (χ1v) is 11.4. The molecule has 8 nitrogen and oxygen atoms in total. The second-order valence-electron chi connectivity index (χ2n) is 8.01. The number of hydrogen-bond acceptors (Lipinski definition) is 5. The summed E-state index contributed by atoms with van der Waals surface area (Å²) >= 11 is 0. The summed E-state index contributed by atoms with van der Waals surface area (Å²) in [5, 5.41) is 6.93. The van der Waals surface area contributed by atoms with E-state index in [1.54, 1.807) is 0 Å². The number of hydrogen-bond donors (Lipinski definition) is 2. The fraction of sp³-hybridized carbons (Fsp3) is 0.450. The Hall–Kier alpha value is -1.50. The van der Waals surface area contributed by atoms with Crippen molar-refractivity contribution in [3.8, 4) is 5.88 Å². The number of nitrogens with zero attached hydrogens (tertiary/aromatic N) is 2. The third kappa shape index (κ3) is 3.78. The summed E-state index contributed by atoms with van der Waals surface area (Å²) in [4.78, 5) is 12.5. The zero-order chi connectivity index (χ0) is 20.2. The van der Waals surface area contributed by atoms with Gasteiger partial charge < -0.3 is 10.1 Å². The molecule has 2 heterocycles. The van der Waals surface area contributed by atoms with Gasteiger partial charge in [-0.2, -0.15) is 12.0 Å². The molecule has 3 aliphatic rings. The normalized spacial score (nSPS) is 17.4. The molecule has 2 aliphatic carbocycles. The molecule has 2 amide bonds. The van der Waals surface area contributed by atoms with Gasteiger partial charge in [0.15, 0.2) is 4.90 Å². The van der Waals surface area contributed by atoms with E-state index in [0.29, 0.717) is 13.2 Å². The standard InChI is InChI=1S/C20H23N4O4S.U/c1-12-10-24-19(28-11-12)17(9-21-24)29(26,27)23-20(25)22-18-15-6-2-4-13(15)8-14-5-3-7-16(14)18;/h8-9H,2-7,10-11H2,1H3,(H2,22,23,25);/q-1;. The number of sulfonamides is 1. The molecule has 0 atom stereocenters. The van der Waals surface area contributed by atoms with Crippen LogP contribution in [-0.2, 0) is 42.3 Å². The van der Waals surface area contributed by atoms with Crippen molar-refractivity contribution in [3.05, 3.63) is 40.4 Å². The monoisotopic (exact) mass is 653 g/mol. The summed E-state index contributed by atoms with van der Waals surface area (Å²) in [6.45, 7) is 2.75. The van der Waals surface area contributed by atoms with E-state index in [9.17, 15) is 13.2 Å². The Balaban J connectivity index is 0.00000218. The third-order valence-electron chi connectivity index (χ3n) is 5.86. The number of rotatable bonds is 3. The van der Waals surface area contributed by atoms with E-state index >= 15 is 0 Å². The van der Waals surface area contributed by atoms with Crippen molar-refractivity contribution in [2.75, 3.05) is 11.9 Å². The summed E-state index contributed by atoms with van der Waals surface area (Å²) in [7, 11) is -4.10. The van der Waals surface area contributed by atoms with Crippen LogP contribution >= 0.6 is 0 Å². The minimum absolute atomic E-state index is 0. The average molecular weight is 654 g/mol. The van der Waals surface area contributed by atoms with Crippen LogP contribution in [-0.4, -0.2) is 30.8 Å². The van der Waals surface area contributed by atoms with Gasteiger partial charge >= 0.3 is 6.03 Å². The van der Waals surface area contributed by atoms with Gasteiger partial charge in [0.05, 0.1) is 6.20 Å². The minimum atomic E-state index is -4.10. The Kier molecular flexibility index (Phi) is 5.95. The molecule has 0 radical (unpaired) electrons. The van der Waals surface area contributed by atoms with Crippen LogP contribution in [0.1, 0.15) is 42.0 Å². The fourth-order valence-electron chi connectivity index (χ4n) is 4.58. The second-order valence-corrected chi connectivity index (χ2v) is 9.66. The molecule has 30 heavy (non-hydrogen) atoms. The van der Waals surface area contributed by atoms with Gasteiger partial charge in [0.25, 0.3) is 10.0 Å². The predicted molar refractivity (Wildman–Crippen MR) is 106 cm³/mol. The van der Waals surface area contributed by atoms with Gasteiger partial charge in [-0.3, -0.25) is 10.6 Å². The van der Waals surface area contributed by atoms with Gasteiger partial charge in [-0.05, 0) is 67.4 Å². The Bertz CT molecular complexity index is 1080. The molecule has 2 N–H and O–H groups in total. The summed E-state index contributed by atoms with van der Waals surface area (Å²) < 4.78 is 34.8. The van der Waals surface area contributed by atoms with Crippen molar-refractivity contribution in [1.82, 2.24) is 14.5 Å². The number of amides is 2. The van der Waals surface area contributed by atoms with Crippen LogP contribution in [0.25, 0.3) is 0 Å². The van der Waals surface area contributed by atoms with E-state index in [1.165, 1.54) is 22.0 Å². The molecule has 0 saturated heterocycles. The first-order chi connectivity index (χ1) is 13.9. The van der Waals surface area contributed by atoms with Crippen molar-refractivity contribution in [2.45, 2.75) is 56.9 Å². The zero-order valence-corrected chi connectivity index (χ0v) is 21.7.